The Morgan fingerprint density at radius 3 is 2.81 bits per heavy atom. The van der Waals surface area contributed by atoms with Crippen molar-refractivity contribution in [3.63, 3.8) is 0 Å². The lowest BCUT2D eigenvalue weighted by Gasteiger charge is -2.09. The first-order valence-electron chi connectivity index (χ1n) is 5.82. The molecule has 0 saturated carbocycles. The zero-order valence-corrected chi connectivity index (χ0v) is 13.4. The minimum atomic E-state index is -4.04. The Balaban J connectivity index is 2.27. The predicted molar refractivity (Wildman–Crippen MR) is 79.3 cm³/mol. The highest BCUT2D eigenvalue weighted by molar-refractivity contribution is 9.10. The van der Waals surface area contributed by atoms with Gasteiger partial charge >= 0.3 is 0 Å². The molecule has 0 fully saturated rings. The highest BCUT2D eigenvalue weighted by atomic mass is 79.9. The van der Waals surface area contributed by atoms with Crippen LogP contribution in [-0.4, -0.2) is 18.4 Å². The normalized spacial score (nSPS) is 11.6. The monoisotopic (exact) mass is 374 g/mol. The third-order valence-corrected chi connectivity index (χ3v) is 4.56. The van der Waals surface area contributed by atoms with Crippen LogP contribution in [0.1, 0.15) is 11.5 Å². The van der Waals surface area contributed by atoms with Crippen LogP contribution in [-0.2, 0) is 16.6 Å². The quantitative estimate of drug-likeness (QED) is 0.794. The number of hydrogen-bond donors (Lipinski definition) is 2. The van der Waals surface area contributed by atoms with Crippen LogP contribution in [0, 0.1) is 12.7 Å². The van der Waals surface area contributed by atoms with E-state index in [0.29, 0.717) is 11.5 Å². The Morgan fingerprint density at radius 2 is 2.14 bits per heavy atom. The molecule has 3 N–H and O–H groups in total. The second-order valence-electron chi connectivity index (χ2n) is 4.23. The number of hydrogen-bond acceptors (Lipinski definition) is 5. The van der Waals surface area contributed by atoms with Crippen molar-refractivity contribution < 1.29 is 12.8 Å². The van der Waals surface area contributed by atoms with Crippen molar-refractivity contribution in [3.05, 3.63) is 46.2 Å². The molecule has 1 heterocycles. The molecule has 0 radical (unpaired) electrons. The van der Waals surface area contributed by atoms with Crippen LogP contribution in [0.4, 0.5) is 10.1 Å². The fourth-order valence-electron chi connectivity index (χ4n) is 1.63. The molecule has 112 valence electrons. The maximum absolute atomic E-state index is 13.9. The first-order valence-corrected chi connectivity index (χ1v) is 8.10. The number of anilines is 1. The number of rotatable bonds is 4. The zero-order valence-electron chi connectivity index (χ0n) is 11.0. The molecule has 2 rings (SSSR count). The molecule has 6 nitrogen and oxygen atoms in total. The van der Waals surface area contributed by atoms with Crippen molar-refractivity contribution >= 4 is 31.6 Å². The molecule has 0 aliphatic rings. The number of benzene rings is 1. The summed E-state index contributed by atoms with van der Waals surface area (Å²) in [5.41, 5.74) is 6.16. The van der Waals surface area contributed by atoms with Gasteiger partial charge in [0.05, 0.1) is 16.7 Å². The van der Waals surface area contributed by atoms with Crippen LogP contribution in [0.15, 0.2) is 33.8 Å². The summed E-state index contributed by atoms with van der Waals surface area (Å²) in [6.45, 7) is 1.62. The number of nitrogen functional groups attached to an aromatic ring is 1. The molecule has 1 aromatic carbocycles. The van der Waals surface area contributed by atoms with Crippen LogP contribution in [0.3, 0.4) is 0 Å². The van der Waals surface area contributed by atoms with E-state index in [1.807, 2.05) is 0 Å². The van der Waals surface area contributed by atoms with Gasteiger partial charge in [-0.1, -0.05) is 0 Å². The molecular weight excluding hydrogens is 363 g/mol. The summed E-state index contributed by atoms with van der Waals surface area (Å²) in [7, 11) is -4.04. The molecule has 21 heavy (non-hydrogen) atoms. The zero-order chi connectivity index (χ0) is 15.6. The number of aromatic nitrogens is 2. The number of nitrogens with one attached hydrogen (secondary N) is 1. The Morgan fingerprint density at radius 1 is 1.43 bits per heavy atom. The lowest BCUT2D eigenvalue weighted by Crippen LogP contribution is -2.25. The lowest BCUT2D eigenvalue weighted by molar-refractivity contribution is 0.553. The standard InChI is InChI=1S/C12H12BrFN4O2S/c1-7-16-3-2-9(18-7)6-17-21(19,20)11-5-8(15)4-10(13)12(11)14/h2-5,17H,6,15H2,1H3. The Hall–Kier alpha value is -1.58. The minimum absolute atomic E-state index is 0.0132. The largest absolute Gasteiger partial charge is 0.399 e. The summed E-state index contributed by atoms with van der Waals surface area (Å²) >= 11 is 2.93. The first-order chi connectivity index (χ1) is 9.79. The van der Waals surface area contributed by atoms with Gasteiger partial charge in [0.1, 0.15) is 10.7 Å². The highest BCUT2D eigenvalue weighted by Crippen LogP contribution is 2.26. The van der Waals surface area contributed by atoms with Gasteiger partial charge in [-0.15, -0.1) is 0 Å². The van der Waals surface area contributed by atoms with E-state index >= 15 is 0 Å². The van der Waals surface area contributed by atoms with E-state index in [9.17, 15) is 12.8 Å². The maximum Gasteiger partial charge on any atom is 0.243 e. The first kappa shape index (κ1) is 15.8. The maximum atomic E-state index is 13.9. The second kappa shape index (κ2) is 6.04. The number of aryl methyl sites for hydroxylation is 1. The molecule has 0 aliphatic carbocycles. The van der Waals surface area contributed by atoms with Crippen molar-refractivity contribution in [2.45, 2.75) is 18.4 Å². The summed E-state index contributed by atoms with van der Waals surface area (Å²) < 4.78 is 40.5. The number of nitrogens with zero attached hydrogens (tertiary/aromatic N) is 2. The van der Waals surface area contributed by atoms with E-state index < -0.39 is 20.7 Å². The third-order valence-electron chi connectivity index (χ3n) is 2.58. The van der Waals surface area contributed by atoms with Crippen LogP contribution in [0.5, 0.6) is 0 Å². The molecule has 2 aromatic rings. The van der Waals surface area contributed by atoms with Crippen molar-refractivity contribution in [3.8, 4) is 0 Å². The van der Waals surface area contributed by atoms with E-state index in [0.717, 1.165) is 6.07 Å². The van der Waals surface area contributed by atoms with E-state index in [2.05, 4.69) is 30.6 Å². The number of nitrogens with two attached hydrogens (primary N) is 1. The van der Waals surface area contributed by atoms with E-state index in [1.54, 1.807) is 13.0 Å². The van der Waals surface area contributed by atoms with Crippen molar-refractivity contribution in [2.75, 3.05) is 5.73 Å². The van der Waals surface area contributed by atoms with Crippen molar-refractivity contribution in [1.29, 1.82) is 0 Å². The fourth-order valence-corrected chi connectivity index (χ4v) is 3.37. The van der Waals surface area contributed by atoms with Crippen LogP contribution in [0.2, 0.25) is 0 Å². The Labute approximate surface area is 129 Å². The van der Waals surface area contributed by atoms with Gasteiger partial charge in [0.15, 0.2) is 5.82 Å². The van der Waals surface area contributed by atoms with E-state index in [1.165, 1.54) is 12.3 Å². The highest BCUT2D eigenvalue weighted by Gasteiger charge is 2.21. The van der Waals surface area contributed by atoms with Crippen LogP contribution >= 0.6 is 15.9 Å². The van der Waals surface area contributed by atoms with Gasteiger partial charge < -0.3 is 5.73 Å². The van der Waals surface area contributed by atoms with E-state index in [4.69, 9.17) is 5.73 Å². The molecule has 0 amide bonds. The Bertz CT molecular complexity index is 783. The van der Waals surface area contributed by atoms with Gasteiger partial charge in [-0.25, -0.2) is 27.5 Å². The molecule has 0 unspecified atom stereocenters. The predicted octanol–water partition coefficient (Wildman–Crippen LogP) is 1.75. The summed E-state index contributed by atoms with van der Waals surface area (Å²) in [6.07, 6.45) is 1.52. The summed E-state index contributed by atoms with van der Waals surface area (Å²) in [5, 5.41) is 0. The lowest BCUT2D eigenvalue weighted by atomic mass is 10.3. The van der Waals surface area contributed by atoms with Crippen LogP contribution in [0.25, 0.3) is 0 Å². The van der Waals surface area contributed by atoms with Gasteiger partial charge in [0.25, 0.3) is 0 Å². The topological polar surface area (TPSA) is 98.0 Å². The van der Waals surface area contributed by atoms with Crippen LogP contribution < -0.4 is 10.5 Å². The summed E-state index contributed by atoms with van der Waals surface area (Å²) in [4.78, 5) is 7.46. The average molecular weight is 375 g/mol. The smallest absolute Gasteiger partial charge is 0.243 e. The van der Waals surface area contributed by atoms with Gasteiger partial charge in [-0.3, -0.25) is 0 Å². The van der Waals surface area contributed by atoms with Gasteiger partial charge in [-0.05, 0) is 41.1 Å². The van der Waals surface area contributed by atoms with Crippen molar-refractivity contribution in [2.24, 2.45) is 0 Å². The molecule has 0 saturated heterocycles. The summed E-state index contributed by atoms with van der Waals surface area (Å²) in [6, 6.07) is 3.93. The SMILES string of the molecule is Cc1nccc(CNS(=O)(=O)c2cc(N)cc(Br)c2F)n1. The average Bonchev–Trinajstić information content (AvgIpc) is 2.41. The second-order valence-corrected chi connectivity index (χ2v) is 6.82. The molecule has 1 aromatic heterocycles. The molecular formula is C12H12BrFN4O2S. The third kappa shape index (κ3) is 3.74. The van der Waals surface area contributed by atoms with E-state index in [-0.39, 0.29) is 16.7 Å². The molecule has 0 aliphatic heterocycles. The molecule has 0 bridgehead atoms. The summed E-state index contributed by atoms with van der Waals surface area (Å²) in [5.74, 6) is -0.375. The number of sulfonamides is 1. The fraction of sp³-hybridized carbons (Fsp3) is 0.167. The van der Waals surface area contributed by atoms with Crippen molar-refractivity contribution in [1.82, 2.24) is 14.7 Å². The van der Waals surface area contributed by atoms with Gasteiger partial charge in [0, 0.05) is 11.9 Å². The molecule has 0 spiro atoms. The molecule has 0 atom stereocenters. The molecule has 9 heteroatoms. The van der Waals surface area contributed by atoms with Gasteiger partial charge in [-0.2, -0.15) is 0 Å². The Kier molecular flexibility index (Phi) is 4.55. The number of halogens is 2. The minimum Gasteiger partial charge on any atom is -0.399 e. The van der Waals surface area contributed by atoms with Gasteiger partial charge in [0.2, 0.25) is 10.0 Å².